The highest BCUT2D eigenvalue weighted by molar-refractivity contribution is 5.82. The zero-order chi connectivity index (χ0) is 14.0. The molecule has 1 aromatic carbocycles. The molecule has 0 heterocycles. The molecule has 0 amide bonds. The maximum atomic E-state index is 11.9. The fourth-order valence-electron chi connectivity index (χ4n) is 3.39. The third kappa shape index (κ3) is 2.41. The van der Waals surface area contributed by atoms with Crippen molar-refractivity contribution >= 4 is 5.97 Å². The van der Waals surface area contributed by atoms with Gasteiger partial charge < -0.3 is 5.11 Å². The molecule has 104 valence electrons. The Morgan fingerprint density at radius 1 is 1.21 bits per heavy atom. The van der Waals surface area contributed by atoms with Gasteiger partial charge in [0.05, 0.1) is 5.41 Å². The molecule has 1 fully saturated rings. The molecule has 0 saturated heterocycles. The van der Waals surface area contributed by atoms with Gasteiger partial charge in [0.2, 0.25) is 0 Å². The van der Waals surface area contributed by atoms with Crippen molar-refractivity contribution in [2.75, 3.05) is 0 Å². The van der Waals surface area contributed by atoms with E-state index in [1.165, 1.54) is 23.1 Å². The van der Waals surface area contributed by atoms with Crippen LogP contribution in [0.25, 0.3) is 0 Å². The number of carbonyl (C=O) groups is 1. The summed E-state index contributed by atoms with van der Waals surface area (Å²) in [7, 11) is 0. The third-order valence-electron chi connectivity index (χ3n) is 4.77. The SMILES string of the molecule is CCc1cc(C)c(C)c(C2(C(=O)O)CCCCC2)c1. The lowest BCUT2D eigenvalue weighted by Gasteiger charge is -2.35. The van der Waals surface area contributed by atoms with Crippen LogP contribution in [0.3, 0.4) is 0 Å². The van der Waals surface area contributed by atoms with E-state index in [1.54, 1.807) is 0 Å². The summed E-state index contributed by atoms with van der Waals surface area (Å²) in [5, 5.41) is 9.82. The van der Waals surface area contributed by atoms with E-state index in [9.17, 15) is 9.90 Å². The van der Waals surface area contributed by atoms with Crippen molar-refractivity contribution in [3.63, 3.8) is 0 Å². The second-order valence-corrected chi connectivity index (χ2v) is 5.89. The van der Waals surface area contributed by atoms with E-state index in [0.717, 1.165) is 37.7 Å². The summed E-state index contributed by atoms with van der Waals surface area (Å²) in [6.07, 6.45) is 5.76. The van der Waals surface area contributed by atoms with Crippen molar-refractivity contribution in [1.82, 2.24) is 0 Å². The van der Waals surface area contributed by atoms with Gasteiger partial charge in [-0.2, -0.15) is 0 Å². The number of carboxylic acid groups (broad SMARTS) is 1. The second-order valence-electron chi connectivity index (χ2n) is 5.89. The zero-order valence-corrected chi connectivity index (χ0v) is 12.3. The van der Waals surface area contributed by atoms with Crippen molar-refractivity contribution in [2.45, 2.75) is 64.7 Å². The fraction of sp³-hybridized carbons (Fsp3) is 0.588. The molecule has 19 heavy (non-hydrogen) atoms. The Balaban J connectivity index is 2.59. The molecule has 0 bridgehead atoms. The van der Waals surface area contributed by atoms with Crippen LogP contribution in [0.4, 0.5) is 0 Å². The van der Waals surface area contributed by atoms with Crippen LogP contribution in [0.5, 0.6) is 0 Å². The van der Waals surface area contributed by atoms with Gasteiger partial charge in [-0.05, 0) is 55.4 Å². The summed E-state index contributed by atoms with van der Waals surface area (Å²) in [5.74, 6) is -0.636. The maximum absolute atomic E-state index is 11.9. The average Bonchev–Trinajstić information content (AvgIpc) is 2.42. The third-order valence-corrected chi connectivity index (χ3v) is 4.77. The Bertz CT molecular complexity index is 482. The van der Waals surface area contributed by atoms with Crippen molar-refractivity contribution in [2.24, 2.45) is 0 Å². The molecule has 0 atom stereocenters. The average molecular weight is 260 g/mol. The van der Waals surface area contributed by atoms with Crippen LogP contribution in [0.1, 0.15) is 61.3 Å². The van der Waals surface area contributed by atoms with Gasteiger partial charge in [-0.1, -0.05) is 38.3 Å². The Hall–Kier alpha value is -1.31. The number of aliphatic carboxylic acids is 1. The summed E-state index contributed by atoms with van der Waals surface area (Å²) >= 11 is 0. The van der Waals surface area contributed by atoms with E-state index in [-0.39, 0.29) is 0 Å². The number of rotatable bonds is 3. The molecule has 0 radical (unpaired) electrons. The fourth-order valence-corrected chi connectivity index (χ4v) is 3.39. The van der Waals surface area contributed by atoms with Crippen LogP contribution in [0.2, 0.25) is 0 Å². The molecule has 1 aliphatic rings. The van der Waals surface area contributed by atoms with Gasteiger partial charge in [0.15, 0.2) is 0 Å². The van der Waals surface area contributed by atoms with Gasteiger partial charge in [-0.15, -0.1) is 0 Å². The molecule has 2 nitrogen and oxygen atoms in total. The quantitative estimate of drug-likeness (QED) is 0.886. The first-order valence-electron chi connectivity index (χ1n) is 7.35. The summed E-state index contributed by atoms with van der Waals surface area (Å²) in [6, 6.07) is 4.33. The van der Waals surface area contributed by atoms with Gasteiger partial charge in [-0.3, -0.25) is 4.79 Å². The molecule has 1 aliphatic carbocycles. The molecule has 1 saturated carbocycles. The lowest BCUT2D eigenvalue weighted by molar-refractivity contribution is -0.145. The molecule has 2 heteroatoms. The van der Waals surface area contributed by atoms with Crippen LogP contribution in [0.15, 0.2) is 12.1 Å². The summed E-state index contributed by atoms with van der Waals surface area (Å²) in [4.78, 5) is 11.9. The topological polar surface area (TPSA) is 37.3 Å². The highest BCUT2D eigenvalue weighted by atomic mass is 16.4. The minimum atomic E-state index is -0.641. The van der Waals surface area contributed by atoms with E-state index < -0.39 is 11.4 Å². The standard InChI is InChI=1S/C17H24O2/c1-4-14-10-12(2)13(3)15(11-14)17(16(18)19)8-6-5-7-9-17/h10-11H,4-9H2,1-3H3,(H,18,19). The largest absolute Gasteiger partial charge is 0.481 e. The van der Waals surface area contributed by atoms with Crippen LogP contribution < -0.4 is 0 Å². The molecule has 2 rings (SSSR count). The minimum Gasteiger partial charge on any atom is -0.481 e. The molecular weight excluding hydrogens is 236 g/mol. The molecule has 1 aromatic rings. The first kappa shape index (κ1) is 14.1. The van der Waals surface area contributed by atoms with Crippen LogP contribution >= 0.6 is 0 Å². The zero-order valence-electron chi connectivity index (χ0n) is 12.3. The van der Waals surface area contributed by atoms with Crippen LogP contribution in [0, 0.1) is 13.8 Å². The van der Waals surface area contributed by atoms with E-state index in [1.807, 2.05) is 0 Å². The Morgan fingerprint density at radius 2 is 1.84 bits per heavy atom. The monoisotopic (exact) mass is 260 g/mol. The number of benzene rings is 1. The normalized spacial score (nSPS) is 18.3. The van der Waals surface area contributed by atoms with E-state index in [4.69, 9.17) is 0 Å². The highest BCUT2D eigenvalue weighted by Gasteiger charge is 2.42. The van der Waals surface area contributed by atoms with Crippen molar-refractivity contribution in [1.29, 1.82) is 0 Å². The Kier molecular flexibility index (Phi) is 3.98. The summed E-state index contributed by atoms with van der Waals surface area (Å²) < 4.78 is 0. The predicted octanol–water partition coefficient (Wildman–Crippen LogP) is 4.15. The van der Waals surface area contributed by atoms with E-state index in [2.05, 4.69) is 32.9 Å². The predicted molar refractivity (Wildman–Crippen MR) is 77.7 cm³/mol. The summed E-state index contributed by atoms with van der Waals surface area (Å²) in [6.45, 7) is 6.29. The number of hydrogen-bond acceptors (Lipinski definition) is 1. The van der Waals surface area contributed by atoms with Crippen molar-refractivity contribution in [3.8, 4) is 0 Å². The van der Waals surface area contributed by atoms with Gasteiger partial charge in [0.1, 0.15) is 0 Å². The van der Waals surface area contributed by atoms with Crippen LogP contribution in [-0.4, -0.2) is 11.1 Å². The first-order valence-corrected chi connectivity index (χ1v) is 7.35. The maximum Gasteiger partial charge on any atom is 0.314 e. The van der Waals surface area contributed by atoms with Gasteiger partial charge in [-0.25, -0.2) is 0 Å². The number of aryl methyl sites for hydroxylation is 2. The van der Waals surface area contributed by atoms with Crippen molar-refractivity contribution in [3.05, 3.63) is 34.4 Å². The van der Waals surface area contributed by atoms with Gasteiger partial charge in [0.25, 0.3) is 0 Å². The smallest absolute Gasteiger partial charge is 0.314 e. The minimum absolute atomic E-state index is 0.636. The Morgan fingerprint density at radius 3 is 2.37 bits per heavy atom. The number of hydrogen-bond donors (Lipinski definition) is 1. The first-order chi connectivity index (χ1) is 9.01. The lowest BCUT2D eigenvalue weighted by atomic mass is 9.67. The molecule has 0 aliphatic heterocycles. The highest BCUT2D eigenvalue weighted by Crippen LogP contribution is 2.42. The Labute approximate surface area is 115 Å². The second kappa shape index (κ2) is 5.36. The summed E-state index contributed by atoms with van der Waals surface area (Å²) in [5.41, 5.74) is 4.07. The van der Waals surface area contributed by atoms with Gasteiger partial charge >= 0.3 is 5.97 Å². The van der Waals surface area contributed by atoms with E-state index in [0.29, 0.717) is 0 Å². The number of carboxylic acids is 1. The molecule has 1 N–H and O–H groups in total. The molecule has 0 unspecified atom stereocenters. The lowest BCUT2D eigenvalue weighted by Crippen LogP contribution is -2.38. The molecule has 0 spiro atoms. The van der Waals surface area contributed by atoms with Crippen molar-refractivity contribution < 1.29 is 9.90 Å². The molecular formula is C17H24O2. The van der Waals surface area contributed by atoms with Crippen LogP contribution in [-0.2, 0) is 16.6 Å². The van der Waals surface area contributed by atoms with Gasteiger partial charge in [0, 0.05) is 0 Å². The molecule has 0 aromatic heterocycles. The van der Waals surface area contributed by atoms with E-state index >= 15 is 0 Å².